The lowest BCUT2D eigenvalue weighted by Crippen LogP contribution is -2.36. The SMILES string of the molecule is CCC1(CC)C=CC2N(c3ccccc3C)c3cccnc3N2c2ccccc21. The third-order valence-corrected chi connectivity index (χ3v) is 6.71. The Bertz CT molecular complexity index is 1080. The second-order valence-electron chi connectivity index (χ2n) is 8.03. The molecule has 0 aliphatic carbocycles. The van der Waals surface area contributed by atoms with Gasteiger partial charge in [-0.15, -0.1) is 0 Å². The highest BCUT2D eigenvalue weighted by molar-refractivity contribution is 5.89. The summed E-state index contributed by atoms with van der Waals surface area (Å²) in [6.07, 6.45) is 8.98. The number of hydrogen-bond donors (Lipinski definition) is 0. The summed E-state index contributed by atoms with van der Waals surface area (Å²) in [5.41, 5.74) is 6.37. The molecule has 0 bridgehead atoms. The minimum atomic E-state index is 0.0489. The van der Waals surface area contributed by atoms with E-state index in [4.69, 9.17) is 4.98 Å². The van der Waals surface area contributed by atoms with Crippen LogP contribution in [0.1, 0.15) is 37.8 Å². The van der Waals surface area contributed by atoms with Gasteiger partial charge in [0.25, 0.3) is 0 Å². The van der Waals surface area contributed by atoms with Gasteiger partial charge in [0.2, 0.25) is 0 Å². The fourth-order valence-electron chi connectivity index (χ4n) is 5.01. The molecular formula is C26H27N3. The summed E-state index contributed by atoms with van der Waals surface area (Å²) in [7, 11) is 0. The van der Waals surface area contributed by atoms with E-state index < -0.39 is 0 Å². The molecule has 0 radical (unpaired) electrons. The number of nitrogens with zero attached hydrogens (tertiary/aromatic N) is 3. The molecule has 5 rings (SSSR count). The predicted molar refractivity (Wildman–Crippen MR) is 121 cm³/mol. The van der Waals surface area contributed by atoms with Crippen LogP contribution in [0, 0.1) is 6.92 Å². The van der Waals surface area contributed by atoms with E-state index in [0.717, 1.165) is 24.3 Å². The van der Waals surface area contributed by atoms with E-state index in [-0.39, 0.29) is 11.6 Å². The average Bonchev–Trinajstić information content (AvgIpc) is 3.01. The van der Waals surface area contributed by atoms with Gasteiger partial charge in [0.1, 0.15) is 6.17 Å². The van der Waals surface area contributed by atoms with Gasteiger partial charge in [0.15, 0.2) is 5.82 Å². The predicted octanol–water partition coefficient (Wildman–Crippen LogP) is 6.63. The Morgan fingerprint density at radius 1 is 0.828 bits per heavy atom. The van der Waals surface area contributed by atoms with Gasteiger partial charge in [0, 0.05) is 23.0 Å². The first-order valence-electron chi connectivity index (χ1n) is 10.6. The lowest BCUT2D eigenvalue weighted by molar-refractivity contribution is 0.499. The monoisotopic (exact) mass is 381 g/mol. The van der Waals surface area contributed by atoms with Crippen LogP contribution >= 0.6 is 0 Å². The Labute approximate surface area is 173 Å². The molecular weight excluding hydrogens is 354 g/mol. The normalized spacial score (nSPS) is 18.8. The summed E-state index contributed by atoms with van der Waals surface area (Å²) >= 11 is 0. The molecule has 1 unspecified atom stereocenters. The Balaban J connectivity index is 1.80. The van der Waals surface area contributed by atoms with Gasteiger partial charge in [0.05, 0.1) is 5.69 Å². The highest BCUT2D eigenvalue weighted by atomic mass is 15.4. The van der Waals surface area contributed by atoms with Crippen molar-refractivity contribution in [3.8, 4) is 0 Å². The summed E-state index contributed by atoms with van der Waals surface area (Å²) in [6, 6.07) is 21.7. The van der Waals surface area contributed by atoms with Crippen molar-refractivity contribution in [2.24, 2.45) is 0 Å². The minimum absolute atomic E-state index is 0.0489. The Kier molecular flexibility index (Phi) is 4.20. The third kappa shape index (κ3) is 2.53. The fourth-order valence-corrected chi connectivity index (χ4v) is 5.01. The molecule has 2 aliphatic rings. The van der Waals surface area contributed by atoms with Crippen LogP contribution in [0.2, 0.25) is 0 Å². The number of hydrogen-bond acceptors (Lipinski definition) is 3. The first kappa shape index (κ1) is 18.0. The van der Waals surface area contributed by atoms with Crippen molar-refractivity contribution in [3.63, 3.8) is 0 Å². The van der Waals surface area contributed by atoms with E-state index in [9.17, 15) is 0 Å². The number of aryl methyl sites for hydroxylation is 1. The van der Waals surface area contributed by atoms with Gasteiger partial charge < -0.3 is 4.90 Å². The lowest BCUT2D eigenvalue weighted by Gasteiger charge is -2.33. The molecule has 3 aromatic rings. The minimum Gasteiger partial charge on any atom is -0.313 e. The van der Waals surface area contributed by atoms with Gasteiger partial charge in [-0.25, -0.2) is 4.98 Å². The molecule has 2 aliphatic heterocycles. The van der Waals surface area contributed by atoms with Crippen LogP contribution in [-0.2, 0) is 5.41 Å². The molecule has 0 saturated heterocycles. The largest absolute Gasteiger partial charge is 0.313 e. The highest BCUT2D eigenvalue weighted by Gasteiger charge is 2.43. The molecule has 0 N–H and O–H groups in total. The van der Waals surface area contributed by atoms with E-state index >= 15 is 0 Å². The van der Waals surface area contributed by atoms with E-state index in [1.165, 1.54) is 22.5 Å². The molecule has 3 heteroatoms. The second kappa shape index (κ2) is 6.77. The molecule has 2 aromatic carbocycles. The van der Waals surface area contributed by atoms with Crippen molar-refractivity contribution >= 4 is 22.9 Å². The van der Waals surface area contributed by atoms with Crippen molar-refractivity contribution in [2.75, 3.05) is 9.80 Å². The second-order valence-corrected chi connectivity index (χ2v) is 8.03. The Morgan fingerprint density at radius 3 is 2.28 bits per heavy atom. The number of rotatable bonds is 3. The molecule has 0 saturated carbocycles. The van der Waals surface area contributed by atoms with Crippen LogP contribution in [0.25, 0.3) is 0 Å². The molecule has 146 valence electrons. The summed E-state index contributed by atoms with van der Waals surface area (Å²) < 4.78 is 0. The van der Waals surface area contributed by atoms with E-state index in [1.807, 2.05) is 12.3 Å². The van der Waals surface area contributed by atoms with Crippen molar-refractivity contribution in [1.82, 2.24) is 4.98 Å². The van der Waals surface area contributed by atoms with Crippen LogP contribution in [0.3, 0.4) is 0 Å². The van der Waals surface area contributed by atoms with Gasteiger partial charge in [-0.05, 0) is 61.2 Å². The lowest BCUT2D eigenvalue weighted by atomic mass is 9.75. The van der Waals surface area contributed by atoms with Gasteiger partial charge in [-0.3, -0.25) is 4.90 Å². The highest BCUT2D eigenvalue weighted by Crippen LogP contribution is 2.52. The zero-order valence-corrected chi connectivity index (χ0v) is 17.3. The number of benzene rings is 2. The first-order valence-corrected chi connectivity index (χ1v) is 10.6. The maximum absolute atomic E-state index is 4.84. The van der Waals surface area contributed by atoms with Crippen LogP contribution in [0.4, 0.5) is 22.9 Å². The van der Waals surface area contributed by atoms with Crippen LogP contribution in [0.15, 0.2) is 79.0 Å². The topological polar surface area (TPSA) is 19.4 Å². The van der Waals surface area contributed by atoms with Crippen molar-refractivity contribution in [2.45, 2.75) is 45.2 Å². The maximum Gasteiger partial charge on any atom is 0.159 e. The standard InChI is InChI=1S/C26H27N3/c1-4-26(5-2)17-16-24-28(21-13-8-6-11-19(21)3)23-15-10-18-27-25(23)29(24)22-14-9-7-12-20(22)26/h6-18,24H,4-5H2,1-3H3. The smallest absolute Gasteiger partial charge is 0.159 e. The van der Waals surface area contributed by atoms with Gasteiger partial charge in [-0.2, -0.15) is 0 Å². The van der Waals surface area contributed by atoms with Crippen LogP contribution < -0.4 is 9.80 Å². The van der Waals surface area contributed by atoms with E-state index in [1.54, 1.807) is 0 Å². The molecule has 0 spiro atoms. The third-order valence-electron chi connectivity index (χ3n) is 6.71. The summed E-state index contributed by atoms with van der Waals surface area (Å²) in [6.45, 7) is 6.78. The summed E-state index contributed by atoms with van der Waals surface area (Å²) in [5.74, 6) is 1.03. The summed E-state index contributed by atoms with van der Waals surface area (Å²) in [5, 5.41) is 0. The maximum atomic E-state index is 4.84. The average molecular weight is 382 g/mol. The first-order chi connectivity index (χ1) is 14.2. The number of aromatic nitrogens is 1. The van der Waals surface area contributed by atoms with E-state index in [2.05, 4.69) is 97.3 Å². The summed E-state index contributed by atoms with van der Waals surface area (Å²) in [4.78, 5) is 9.69. The number of allylic oxidation sites excluding steroid dienone is 1. The molecule has 0 fully saturated rings. The fraction of sp³-hybridized carbons (Fsp3) is 0.269. The Hall–Kier alpha value is -3.07. The van der Waals surface area contributed by atoms with E-state index in [0.29, 0.717) is 0 Å². The van der Waals surface area contributed by atoms with Gasteiger partial charge >= 0.3 is 0 Å². The number of fused-ring (bicyclic) bond motifs is 5. The molecule has 1 atom stereocenters. The Morgan fingerprint density at radius 2 is 1.52 bits per heavy atom. The number of pyridine rings is 1. The van der Waals surface area contributed by atoms with Crippen molar-refractivity contribution < 1.29 is 0 Å². The molecule has 3 heterocycles. The van der Waals surface area contributed by atoms with Crippen LogP contribution in [-0.4, -0.2) is 11.1 Å². The molecule has 29 heavy (non-hydrogen) atoms. The van der Waals surface area contributed by atoms with Crippen LogP contribution in [0.5, 0.6) is 0 Å². The quantitative estimate of drug-likeness (QED) is 0.474. The van der Waals surface area contributed by atoms with Crippen molar-refractivity contribution in [1.29, 1.82) is 0 Å². The molecule has 0 amide bonds. The molecule has 3 nitrogen and oxygen atoms in total. The molecule has 1 aromatic heterocycles. The zero-order chi connectivity index (χ0) is 20.0. The number of para-hydroxylation sites is 2. The zero-order valence-electron chi connectivity index (χ0n) is 17.3. The van der Waals surface area contributed by atoms with Crippen molar-refractivity contribution in [3.05, 3.63) is 90.1 Å². The van der Waals surface area contributed by atoms with Gasteiger partial charge in [-0.1, -0.05) is 56.3 Å². The number of anilines is 4.